The summed E-state index contributed by atoms with van der Waals surface area (Å²) in [5, 5.41) is 21.2. The van der Waals surface area contributed by atoms with Crippen molar-refractivity contribution in [3.63, 3.8) is 0 Å². The molecule has 1 aromatic rings. The molecule has 0 aromatic heterocycles. The van der Waals surface area contributed by atoms with Gasteiger partial charge in [-0.2, -0.15) is 0 Å². The number of nitrogens with zero attached hydrogens (tertiary/aromatic N) is 1. The Labute approximate surface area is 223 Å². The molecule has 2 aliphatic rings. The zero-order chi connectivity index (χ0) is 26.5. The second-order valence-electron chi connectivity index (χ2n) is 10.6. The van der Waals surface area contributed by atoms with E-state index in [1.807, 2.05) is 24.3 Å². The SMILES string of the molecule is CCCCCC(O)c1ccc([C@@H]2[C@@H](C/C=C\CCCC(=O)OCCN3CCOCC3)[C@H](N)C[C@H]2O)cc1. The number of morpholine rings is 1. The van der Waals surface area contributed by atoms with E-state index < -0.39 is 12.2 Å². The number of esters is 1. The largest absolute Gasteiger partial charge is 0.464 e. The van der Waals surface area contributed by atoms with Gasteiger partial charge in [0, 0.05) is 38.0 Å². The fourth-order valence-corrected chi connectivity index (χ4v) is 5.56. The molecule has 1 heterocycles. The lowest BCUT2D eigenvalue weighted by molar-refractivity contribution is -0.144. The number of nitrogens with two attached hydrogens (primary N) is 1. The van der Waals surface area contributed by atoms with Crippen LogP contribution in [0.4, 0.5) is 0 Å². The molecule has 5 atom stereocenters. The van der Waals surface area contributed by atoms with Gasteiger partial charge in [0.05, 0.1) is 25.4 Å². The third-order valence-electron chi connectivity index (χ3n) is 7.83. The van der Waals surface area contributed by atoms with Gasteiger partial charge in [-0.3, -0.25) is 9.69 Å². The van der Waals surface area contributed by atoms with Crippen LogP contribution in [-0.4, -0.2) is 72.7 Å². The summed E-state index contributed by atoms with van der Waals surface area (Å²) in [5.41, 5.74) is 8.44. The Morgan fingerprint density at radius 1 is 1.19 bits per heavy atom. The van der Waals surface area contributed by atoms with E-state index in [-0.39, 0.29) is 23.8 Å². The molecule has 0 radical (unpaired) electrons. The topological polar surface area (TPSA) is 105 Å². The van der Waals surface area contributed by atoms with Crippen molar-refractivity contribution in [3.05, 3.63) is 47.5 Å². The summed E-state index contributed by atoms with van der Waals surface area (Å²) >= 11 is 0. The van der Waals surface area contributed by atoms with Crippen LogP contribution in [0.5, 0.6) is 0 Å². The molecule has 37 heavy (non-hydrogen) atoms. The minimum atomic E-state index is -0.457. The number of hydrogen-bond acceptors (Lipinski definition) is 7. The van der Waals surface area contributed by atoms with Gasteiger partial charge in [-0.15, -0.1) is 0 Å². The van der Waals surface area contributed by atoms with E-state index in [0.717, 1.165) is 88.9 Å². The zero-order valence-electron chi connectivity index (χ0n) is 22.6. The Morgan fingerprint density at radius 2 is 1.95 bits per heavy atom. The van der Waals surface area contributed by atoms with Crippen LogP contribution in [-0.2, 0) is 14.3 Å². The number of allylic oxidation sites excluding steroid dienone is 2. The molecule has 0 bridgehead atoms. The van der Waals surface area contributed by atoms with Crippen molar-refractivity contribution in [1.82, 2.24) is 4.90 Å². The monoisotopic (exact) mass is 516 g/mol. The predicted molar refractivity (Wildman–Crippen MR) is 146 cm³/mol. The van der Waals surface area contributed by atoms with Crippen LogP contribution in [0.1, 0.15) is 87.9 Å². The number of ether oxygens (including phenoxy) is 2. The van der Waals surface area contributed by atoms with Gasteiger partial charge in [-0.25, -0.2) is 0 Å². The van der Waals surface area contributed by atoms with Gasteiger partial charge >= 0.3 is 5.97 Å². The van der Waals surface area contributed by atoms with E-state index in [2.05, 4.69) is 24.0 Å². The lowest BCUT2D eigenvalue weighted by Crippen LogP contribution is -2.38. The van der Waals surface area contributed by atoms with Gasteiger partial charge in [0.25, 0.3) is 0 Å². The Morgan fingerprint density at radius 3 is 2.68 bits per heavy atom. The van der Waals surface area contributed by atoms with Crippen molar-refractivity contribution in [3.8, 4) is 0 Å². The molecule has 4 N–H and O–H groups in total. The normalized spacial score (nSPS) is 25.5. The first-order valence-corrected chi connectivity index (χ1v) is 14.3. The summed E-state index contributed by atoms with van der Waals surface area (Å²) in [7, 11) is 0. The zero-order valence-corrected chi connectivity index (χ0v) is 22.6. The van der Waals surface area contributed by atoms with E-state index in [1.54, 1.807) is 0 Å². The van der Waals surface area contributed by atoms with Crippen molar-refractivity contribution in [2.45, 2.75) is 88.9 Å². The highest BCUT2D eigenvalue weighted by atomic mass is 16.5. The summed E-state index contributed by atoms with van der Waals surface area (Å²) < 4.78 is 10.7. The number of benzene rings is 1. The number of aliphatic hydroxyl groups is 2. The van der Waals surface area contributed by atoms with E-state index >= 15 is 0 Å². The molecule has 1 saturated heterocycles. The van der Waals surface area contributed by atoms with Gasteiger partial charge in [0.1, 0.15) is 6.61 Å². The van der Waals surface area contributed by atoms with Crippen molar-refractivity contribution in [1.29, 1.82) is 0 Å². The molecule has 1 aliphatic carbocycles. The molecule has 2 fully saturated rings. The molecule has 3 rings (SSSR count). The predicted octanol–water partition coefficient (Wildman–Crippen LogP) is 4.08. The molecule has 208 valence electrons. The number of carbonyl (C=O) groups excluding carboxylic acids is 1. The second-order valence-corrected chi connectivity index (χ2v) is 10.6. The lowest BCUT2D eigenvalue weighted by Gasteiger charge is -2.26. The summed E-state index contributed by atoms with van der Waals surface area (Å²) in [6, 6.07) is 8.04. The number of unbranched alkanes of at least 4 members (excludes halogenated alkanes) is 3. The highest BCUT2D eigenvalue weighted by Crippen LogP contribution is 2.41. The number of aliphatic hydroxyl groups excluding tert-OH is 2. The number of hydrogen-bond donors (Lipinski definition) is 3. The maximum Gasteiger partial charge on any atom is 0.305 e. The lowest BCUT2D eigenvalue weighted by atomic mass is 9.83. The maximum absolute atomic E-state index is 12.0. The molecule has 1 aliphatic heterocycles. The first-order valence-electron chi connectivity index (χ1n) is 14.3. The molecular weight excluding hydrogens is 468 g/mol. The van der Waals surface area contributed by atoms with Gasteiger partial charge in [-0.1, -0.05) is 62.6 Å². The van der Waals surface area contributed by atoms with Crippen LogP contribution in [0.15, 0.2) is 36.4 Å². The van der Waals surface area contributed by atoms with Crippen LogP contribution in [0.3, 0.4) is 0 Å². The summed E-state index contributed by atoms with van der Waals surface area (Å²) in [4.78, 5) is 14.2. The summed E-state index contributed by atoms with van der Waals surface area (Å²) in [6.45, 7) is 6.68. The van der Waals surface area contributed by atoms with E-state index in [4.69, 9.17) is 15.2 Å². The van der Waals surface area contributed by atoms with Gasteiger partial charge in [-0.05, 0) is 49.1 Å². The number of rotatable bonds is 15. The molecule has 7 heteroatoms. The van der Waals surface area contributed by atoms with Crippen LogP contribution in [0.2, 0.25) is 0 Å². The smallest absolute Gasteiger partial charge is 0.305 e. The quantitative estimate of drug-likeness (QED) is 0.183. The molecule has 0 amide bonds. The van der Waals surface area contributed by atoms with Crippen molar-refractivity contribution < 1.29 is 24.5 Å². The Hall–Kier alpha value is -1.77. The summed E-state index contributed by atoms with van der Waals surface area (Å²) in [6.07, 6.45) is 10.9. The minimum Gasteiger partial charge on any atom is -0.464 e. The summed E-state index contributed by atoms with van der Waals surface area (Å²) in [5.74, 6) is 0.0192. The fourth-order valence-electron chi connectivity index (χ4n) is 5.56. The van der Waals surface area contributed by atoms with Gasteiger partial charge in [0.2, 0.25) is 0 Å². The molecule has 7 nitrogen and oxygen atoms in total. The van der Waals surface area contributed by atoms with Gasteiger partial charge in [0.15, 0.2) is 0 Å². The standard InChI is InChI=1S/C30H48N2O5/c1-2-3-6-10-27(33)23-12-14-24(15-13-23)30-25(26(31)22-28(30)34)9-7-4-5-8-11-29(35)37-21-18-32-16-19-36-20-17-32/h4,7,12-15,25-28,30,33-34H,2-3,5-6,8-11,16-22,31H2,1H3/b7-4-/t25-,26+,27?,28+,30+/m0/s1. The minimum absolute atomic E-state index is 0.00706. The van der Waals surface area contributed by atoms with E-state index in [0.29, 0.717) is 19.4 Å². The van der Waals surface area contributed by atoms with Gasteiger partial charge < -0.3 is 25.4 Å². The Bertz CT molecular complexity index is 809. The van der Waals surface area contributed by atoms with E-state index in [9.17, 15) is 15.0 Å². The molecule has 1 aromatic carbocycles. The third kappa shape index (κ3) is 9.80. The highest BCUT2D eigenvalue weighted by molar-refractivity contribution is 5.69. The molecule has 1 unspecified atom stereocenters. The van der Waals surface area contributed by atoms with Crippen molar-refractivity contribution in [2.24, 2.45) is 11.7 Å². The Balaban J connectivity index is 1.38. The van der Waals surface area contributed by atoms with Crippen LogP contribution < -0.4 is 5.73 Å². The second kappa shape index (κ2) is 16.2. The first kappa shape index (κ1) is 29.8. The van der Waals surface area contributed by atoms with E-state index in [1.165, 1.54) is 0 Å². The molecular formula is C30H48N2O5. The fraction of sp³-hybridized carbons (Fsp3) is 0.700. The van der Waals surface area contributed by atoms with Crippen molar-refractivity contribution in [2.75, 3.05) is 39.5 Å². The third-order valence-corrected chi connectivity index (χ3v) is 7.83. The average Bonchev–Trinajstić information content (AvgIpc) is 3.19. The number of carbonyl (C=O) groups is 1. The van der Waals surface area contributed by atoms with Crippen LogP contribution in [0, 0.1) is 5.92 Å². The maximum atomic E-state index is 12.0. The van der Waals surface area contributed by atoms with Crippen molar-refractivity contribution >= 4 is 5.97 Å². The van der Waals surface area contributed by atoms with Crippen LogP contribution in [0.25, 0.3) is 0 Å². The Kier molecular flexibility index (Phi) is 13.1. The first-order chi connectivity index (χ1) is 18.0. The molecule has 1 saturated carbocycles. The average molecular weight is 517 g/mol. The molecule has 0 spiro atoms. The van der Waals surface area contributed by atoms with Crippen LogP contribution >= 0.6 is 0 Å². The highest BCUT2D eigenvalue weighted by Gasteiger charge is 2.40.